The molecule has 1 amide bonds. The molecule has 2 aliphatic rings. The van der Waals surface area contributed by atoms with Gasteiger partial charge in [0.05, 0.1) is 17.5 Å². The molecule has 200 valence electrons. The van der Waals surface area contributed by atoms with Gasteiger partial charge in [0.25, 0.3) is 0 Å². The van der Waals surface area contributed by atoms with Gasteiger partial charge in [0, 0.05) is 43.5 Å². The number of nitrogens with zero attached hydrogens (tertiary/aromatic N) is 2. The van der Waals surface area contributed by atoms with Crippen LogP contribution in [0, 0.1) is 11.6 Å². The van der Waals surface area contributed by atoms with Crippen LogP contribution in [0.4, 0.5) is 13.6 Å². The number of esters is 1. The number of carbonyl (C=O) groups excluding carboxylic acids is 2. The minimum Gasteiger partial charge on any atom is -0.462 e. The van der Waals surface area contributed by atoms with Gasteiger partial charge < -0.3 is 24.3 Å². The third-order valence-corrected chi connectivity index (χ3v) is 6.29. The van der Waals surface area contributed by atoms with E-state index in [1.165, 1.54) is 12.3 Å². The van der Waals surface area contributed by atoms with E-state index >= 15 is 4.39 Å². The Hall–Kier alpha value is -3.27. The average Bonchev–Trinajstić information content (AvgIpc) is 3.67. The van der Waals surface area contributed by atoms with E-state index < -0.39 is 34.7 Å². The molecule has 4 rings (SSSR count). The molecule has 0 spiro atoms. The van der Waals surface area contributed by atoms with E-state index in [1.807, 2.05) is 20.8 Å². The number of hydrogen-bond acceptors (Lipinski definition) is 6. The lowest BCUT2D eigenvalue weighted by molar-refractivity contribution is 0.0196. The first-order valence-corrected chi connectivity index (χ1v) is 12.6. The summed E-state index contributed by atoms with van der Waals surface area (Å²) in [5.74, 6) is -3.02. The summed E-state index contributed by atoms with van der Waals surface area (Å²) >= 11 is 0. The topological polar surface area (TPSA) is 89.9 Å². The van der Waals surface area contributed by atoms with E-state index in [9.17, 15) is 18.8 Å². The van der Waals surface area contributed by atoms with Crippen LogP contribution in [0.3, 0.4) is 0 Å². The zero-order valence-electron chi connectivity index (χ0n) is 21.6. The molecular formula is C27H33F2N3O5. The van der Waals surface area contributed by atoms with Crippen molar-refractivity contribution in [1.82, 2.24) is 14.8 Å². The van der Waals surface area contributed by atoms with Crippen molar-refractivity contribution in [2.24, 2.45) is 0 Å². The predicted molar refractivity (Wildman–Crippen MR) is 136 cm³/mol. The minimum atomic E-state index is -1.17. The van der Waals surface area contributed by atoms with Gasteiger partial charge in [0.1, 0.15) is 11.2 Å². The van der Waals surface area contributed by atoms with Crippen molar-refractivity contribution >= 4 is 29.0 Å². The molecule has 2 fully saturated rings. The highest BCUT2D eigenvalue weighted by Gasteiger charge is 2.30. The maximum atomic E-state index is 15.1. The van der Waals surface area contributed by atoms with Gasteiger partial charge in [-0.3, -0.25) is 4.79 Å². The molecule has 1 saturated heterocycles. The van der Waals surface area contributed by atoms with Gasteiger partial charge in [0.2, 0.25) is 5.43 Å². The Bertz CT molecular complexity index is 1290. The van der Waals surface area contributed by atoms with E-state index in [0.29, 0.717) is 26.1 Å². The van der Waals surface area contributed by atoms with Gasteiger partial charge in [0.15, 0.2) is 11.6 Å². The summed E-state index contributed by atoms with van der Waals surface area (Å²) in [6, 6.07) is 0.727. The Labute approximate surface area is 214 Å². The number of pyridine rings is 1. The third kappa shape index (κ3) is 6.01. The lowest BCUT2D eigenvalue weighted by Gasteiger charge is -2.34. The number of piperazine rings is 1. The molecule has 1 unspecified atom stereocenters. The molecule has 8 nitrogen and oxygen atoms in total. The van der Waals surface area contributed by atoms with Crippen LogP contribution < -0.4 is 10.7 Å². The highest BCUT2D eigenvalue weighted by molar-refractivity contribution is 5.96. The van der Waals surface area contributed by atoms with E-state index in [-0.39, 0.29) is 40.7 Å². The normalized spacial score (nSPS) is 18.4. The molecule has 1 saturated carbocycles. The Morgan fingerprint density at radius 3 is 2.62 bits per heavy atom. The van der Waals surface area contributed by atoms with E-state index in [4.69, 9.17) is 9.47 Å². The number of hydrogen-bond donors (Lipinski definition) is 1. The van der Waals surface area contributed by atoms with E-state index in [2.05, 4.69) is 5.32 Å². The largest absolute Gasteiger partial charge is 0.462 e. The summed E-state index contributed by atoms with van der Waals surface area (Å²) in [6.07, 6.45) is 6.22. The lowest BCUT2D eigenvalue weighted by atomic mass is 10.0. The van der Waals surface area contributed by atoms with Gasteiger partial charge in [-0.15, -0.1) is 0 Å². The van der Waals surface area contributed by atoms with Crippen LogP contribution in [0.2, 0.25) is 0 Å². The van der Waals surface area contributed by atoms with E-state index in [0.717, 1.165) is 18.9 Å². The number of aromatic nitrogens is 1. The molecule has 2 heterocycles. The van der Waals surface area contributed by atoms with Crippen molar-refractivity contribution < 1.29 is 27.8 Å². The van der Waals surface area contributed by atoms with Crippen LogP contribution in [-0.2, 0) is 9.47 Å². The summed E-state index contributed by atoms with van der Waals surface area (Å²) in [5, 5.41) is 3.25. The van der Waals surface area contributed by atoms with Crippen molar-refractivity contribution in [3.8, 4) is 0 Å². The van der Waals surface area contributed by atoms with Gasteiger partial charge in [-0.2, -0.15) is 0 Å². The van der Waals surface area contributed by atoms with Gasteiger partial charge in [-0.05, 0) is 53.0 Å². The van der Waals surface area contributed by atoms with Gasteiger partial charge in [-0.25, -0.2) is 18.4 Å². The van der Waals surface area contributed by atoms with Crippen LogP contribution in [-0.4, -0.2) is 59.4 Å². The number of fused-ring (bicyclic) bond motifs is 1. The number of rotatable bonds is 6. The zero-order valence-corrected chi connectivity index (χ0v) is 21.6. The first kappa shape index (κ1) is 26.8. The van der Waals surface area contributed by atoms with Crippen LogP contribution in [0.15, 0.2) is 23.1 Å². The number of halogens is 2. The van der Waals surface area contributed by atoms with Crippen molar-refractivity contribution in [2.75, 3.05) is 26.2 Å². The van der Waals surface area contributed by atoms with Crippen LogP contribution in [0.25, 0.3) is 17.0 Å². The average molecular weight is 518 g/mol. The van der Waals surface area contributed by atoms with Gasteiger partial charge in [-0.1, -0.05) is 12.2 Å². The SMILES string of the molecule is CCOC(=O)c1cn(C2CC2)c2c(/C=C\CC3CN(C(=O)OC(C)(C)C)CCN3)c(F)c(F)cc2c1=O. The minimum absolute atomic E-state index is 0.0179. The highest BCUT2D eigenvalue weighted by Crippen LogP contribution is 2.38. The van der Waals surface area contributed by atoms with Crippen molar-refractivity contribution in [2.45, 2.75) is 64.6 Å². The molecular weight excluding hydrogens is 484 g/mol. The maximum Gasteiger partial charge on any atom is 0.410 e. The van der Waals surface area contributed by atoms with Crippen molar-refractivity contribution in [1.29, 1.82) is 0 Å². The Morgan fingerprint density at radius 1 is 1.24 bits per heavy atom. The van der Waals surface area contributed by atoms with E-state index in [1.54, 1.807) is 22.5 Å². The lowest BCUT2D eigenvalue weighted by Crippen LogP contribution is -2.53. The second kappa shape index (κ2) is 10.6. The molecule has 10 heteroatoms. The summed E-state index contributed by atoms with van der Waals surface area (Å²) < 4.78 is 41.9. The fraction of sp³-hybridized carbons (Fsp3) is 0.519. The Morgan fingerprint density at radius 2 is 1.97 bits per heavy atom. The summed E-state index contributed by atoms with van der Waals surface area (Å²) in [7, 11) is 0. The molecule has 0 bridgehead atoms. The monoisotopic (exact) mass is 517 g/mol. The fourth-order valence-electron chi connectivity index (χ4n) is 4.47. The second-order valence-electron chi connectivity index (χ2n) is 10.4. The first-order chi connectivity index (χ1) is 17.5. The first-order valence-electron chi connectivity index (χ1n) is 12.6. The standard InChI is InChI=1S/C27H33F2N3O5/c1-5-36-25(34)20-15-32(17-9-10-17)23-18(22(29)21(28)13-19(23)24(20)33)8-6-7-16-14-31(12-11-30-16)26(35)37-27(2,3)4/h6,8,13,15-17,30H,5,7,9-12,14H2,1-4H3/b8-6-. The molecule has 37 heavy (non-hydrogen) atoms. The van der Waals surface area contributed by atoms with Gasteiger partial charge >= 0.3 is 12.1 Å². The molecule has 1 aliphatic heterocycles. The third-order valence-electron chi connectivity index (χ3n) is 6.29. The Balaban J connectivity index is 1.64. The highest BCUT2D eigenvalue weighted by atomic mass is 19.2. The maximum absolute atomic E-state index is 15.1. The quantitative estimate of drug-likeness (QED) is 0.572. The number of ether oxygens (including phenoxy) is 2. The molecule has 1 aliphatic carbocycles. The van der Waals surface area contributed by atoms with Crippen LogP contribution in [0.5, 0.6) is 0 Å². The second-order valence-corrected chi connectivity index (χ2v) is 10.4. The summed E-state index contributed by atoms with van der Waals surface area (Å²) in [6.45, 7) is 8.63. The van der Waals surface area contributed by atoms with Crippen LogP contribution in [0.1, 0.15) is 68.9 Å². The molecule has 1 aromatic carbocycles. The van der Waals surface area contributed by atoms with Crippen molar-refractivity contribution in [3.63, 3.8) is 0 Å². The Kier molecular flexibility index (Phi) is 7.68. The number of nitrogens with one attached hydrogen (secondary N) is 1. The number of amides is 1. The molecule has 0 radical (unpaired) electrons. The summed E-state index contributed by atoms with van der Waals surface area (Å²) in [4.78, 5) is 39.5. The molecule has 1 aromatic heterocycles. The smallest absolute Gasteiger partial charge is 0.410 e. The van der Waals surface area contributed by atoms with Crippen LogP contribution >= 0.6 is 0 Å². The molecule has 1 atom stereocenters. The summed E-state index contributed by atoms with van der Waals surface area (Å²) in [5.41, 5.74) is -1.29. The molecule has 2 aromatic rings. The number of benzene rings is 1. The zero-order chi connectivity index (χ0) is 26.9. The predicted octanol–water partition coefficient (Wildman–Crippen LogP) is 4.40. The molecule has 1 N–H and O–H groups in total. The fourth-order valence-corrected chi connectivity index (χ4v) is 4.47. The number of carbonyl (C=O) groups is 2. The van der Waals surface area contributed by atoms with Crippen molar-refractivity contribution in [3.05, 3.63) is 51.3 Å².